The maximum atomic E-state index is 12.7. The zero-order valence-corrected chi connectivity index (χ0v) is 14.5. The van der Waals surface area contributed by atoms with Gasteiger partial charge in [-0.05, 0) is 36.6 Å². The van der Waals surface area contributed by atoms with E-state index in [-0.39, 0.29) is 46.5 Å². The minimum absolute atomic E-state index is 0.0441. The van der Waals surface area contributed by atoms with Crippen LogP contribution in [0.3, 0.4) is 0 Å². The summed E-state index contributed by atoms with van der Waals surface area (Å²) < 4.78 is 10.1. The molecule has 2 aliphatic carbocycles. The molecule has 24 heavy (non-hydrogen) atoms. The number of hydrogen-bond acceptors (Lipinski definition) is 5. The van der Waals surface area contributed by atoms with Crippen LogP contribution < -0.4 is 5.32 Å². The second-order valence-corrected chi connectivity index (χ2v) is 7.58. The van der Waals surface area contributed by atoms with Gasteiger partial charge in [0, 0.05) is 11.6 Å². The van der Waals surface area contributed by atoms with Gasteiger partial charge in [0.1, 0.15) is 6.10 Å². The summed E-state index contributed by atoms with van der Waals surface area (Å²) in [6.45, 7) is 0. The molecule has 6 nitrogen and oxygen atoms in total. The highest BCUT2D eigenvalue weighted by molar-refractivity contribution is 9.09. The van der Waals surface area contributed by atoms with Crippen LogP contribution in [0.2, 0.25) is 0 Å². The number of esters is 2. The van der Waals surface area contributed by atoms with E-state index in [1.807, 2.05) is 0 Å². The molecular formula is C17H16BrNO5. The fourth-order valence-corrected chi connectivity index (χ4v) is 5.41. The molecule has 7 heteroatoms. The van der Waals surface area contributed by atoms with Gasteiger partial charge in [-0.15, -0.1) is 0 Å². The Morgan fingerprint density at radius 3 is 2.62 bits per heavy atom. The zero-order chi connectivity index (χ0) is 17.0. The smallest absolute Gasteiger partial charge is 0.337 e. The van der Waals surface area contributed by atoms with Gasteiger partial charge in [-0.25, -0.2) is 4.79 Å². The van der Waals surface area contributed by atoms with E-state index < -0.39 is 5.97 Å². The van der Waals surface area contributed by atoms with Crippen molar-refractivity contribution < 1.29 is 23.9 Å². The molecule has 0 radical (unpaired) electrons. The lowest BCUT2D eigenvalue weighted by Crippen LogP contribution is -2.40. The topological polar surface area (TPSA) is 81.7 Å². The molecule has 3 fully saturated rings. The lowest BCUT2D eigenvalue weighted by molar-refractivity contribution is -0.145. The number of halogens is 1. The van der Waals surface area contributed by atoms with E-state index in [4.69, 9.17) is 4.74 Å². The van der Waals surface area contributed by atoms with Crippen molar-refractivity contribution >= 4 is 39.5 Å². The minimum Gasteiger partial charge on any atom is -0.465 e. The summed E-state index contributed by atoms with van der Waals surface area (Å²) in [6, 6.07) is 6.49. The second-order valence-electron chi connectivity index (χ2n) is 6.52. The Bertz CT molecular complexity index is 718. The highest BCUT2D eigenvalue weighted by atomic mass is 79.9. The first kappa shape index (κ1) is 15.6. The summed E-state index contributed by atoms with van der Waals surface area (Å²) in [5, 5.41) is 2.86. The highest BCUT2D eigenvalue weighted by Gasteiger charge is 2.67. The molecular weight excluding hydrogens is 378 g/mol. The molecule has 2 saturated carbocycles. The molecule has 1 saturated heterocycles. The van der Waals surface area contributed by atoms with E-state index in [1.54, 1.807) is 24.3 Å². The number of rotatable bonds is 3. The lowest BCUT2D eigenvalue weighted by atomic mass is 9.79. The van der Waals surface area contributed by atoms with Gasteiger partial charge in [-0.1, -0.05) is 15.9 Å². The van der Waals surface area contributed by atoms with Crippen LogP contribution in [0.4, 0.5) is 5.69 Å². The second kappa shape index (κ2) is 5.58. The average molecular weight is 394 g/mol. The lowest BCUT2D eigenvalue weighted by Gasteiger charge is -2.27. The maximum absolute atomic E-state index is 12.7. The van der Waals surface area contributed by atoms with Gasteiger partial charge in [0.2, 0.25) is 5.91 Å². The molecule has 1 N–H and O–H groups in total. The van der Waals surface area contributed by atoms with Crippen molar-refractivity contribution in [1.29, 1.82) is 0 Å². The number of anilines is 1. The zero-order valence-electron chi connectivity index (χ0n) is 12.9. The number of carbonyl (C=O) groups is 3. The summed E-state index contributed by atoms with van der Waals surface area (Å²) in [6.07, 6.45) is 0.756. The molecule has 1 heterocycles. The Balaban J connectivity index is 1.51. The monoisotopic (exact) mass is 393 g/mol. The number of ether oxygens (including phenoxy) is 2. The number of nitrogens with one attached hydrogen (secondary N) is 1. The first-order chi connectivity index (χ1) is 11.5. The molecule has 2 bridgehead atoms. The molecule has 1 aromatic carbocycles. The Labute approximate surface area is 147 Å². The fraction of sp³-hybridized carbons (Fsp3) is 0.471. The molecule has 126 valence electrons. The van der Waals surface area contributed by atoms with E-state index in [0.29, 0.717) is 11.3 Å². The Morgan fingerprint density at radius 2 is 1.96 bits per heavy atom. The van der Waals surface area contributed by atoms with Gasteiger partial charge < -0.3 is 14.8 Å². The first-order valence-corrected chi connectivity index (χ1v) is 8.76. The van der Waals surface area contributed by atoms with Crippen LogP contribution in [0.15, 0.2) is 24.3 Å². The number of methoxy groups -OCH3 is 1. The van der Waals surface area contributed by atoms with E-state index in [9.17, 15) is 14.4 Å². The molecule has 3 aliphatic rings. The molecule has 0 aromatic heterocycles. The van der Waals surface area contributed by atoms with Gasteiger partial charge in [0.05, 0.1) is 29.3 Å². The van der Waals surface area contributed by atoms with Gasteiger partial charge >= 0.3 is 11.9 Å². The molecule has 1 amide bonds. The summed E-state index contributed by atoms with van der Waals surface area (Å²) in [5.74, 6) is -1.29. The van der Waals surface area contributed by atoms with Crippen molar-refractivity contribution in [3.8, 4) is 0 Å². The van der Waals surface area contributed by atoms with Gasteiger partial charge in [-0.2, -0.15) is 0 Å². The molecule has 0 unspecified atom stereocenters. The van der Waals surface area contributed by atoms with Crippen LogP contribution in [0, 0.1) is 23.7 Å². The molecule has 6 atom stereocenters. The van der Waals surface area contributed by atoms with Crippen molar-refractivity contribution in [1.82, 2.24) is 0 Å². The Hall–Kier alpha value is -1.89. The molecule has 0 spiro atoms. The number of amides is 1. The van der Waals surface area contributed by atoms with Crippen LogP contribution in [-0.4, -0.2) is 35.9 Å². The molecule has 1 aliphatic heterocycles. The third-order valence-corrected chi connectivity index (χ3v) is 6.60. The predicted molar refractivity (Wildman–Crippen MR) is 87.6 cm³/mol. The van der Waals surface area contributed by atoms with Crippen molar-refractivity contribution in [2.45, 2.75) is 17.4 Å². The van der Waals surface area contributed by atoms with E-state index >= 15 is 0 Å². The first-order valence-electron chi connectivity index (χ1n) is 7.85. The highest BCUT2D eigenvalue weighted by Crippen LogP contribution is 2.60. The molecule has 4 rings (SSSR count). The number of fused-ring (bicyclic) bond motifs is 1. The van der Waals surface area contributed by atoms with Crippen LogP contribution in [0.1, 0.15) is 16.8 Å². The van der Waals surface area contributed by atoms with E-state index in [2.05, 4.69) is 26.0 Å². The van der Waals surface area contributed by atoms with Crippen LogP contribution in [0.25, 0.3) is 0 Å². The van der Waals surface area contributed by atoms with Crippen molar-refractivity contribution in [3.63, 3.8) is 0 Å². The summed E-state index contributed by atoms with van der Waals surface area (Å²) in [4.78, 5) is 36.3. The van der Waals surface area contributed by atoms with Gasteiger partial charge in [-0.3, -0.25) is 9.59 Å². The standard InChI is InChI=1S/C17H16BrNO5/c1-23-16(21)7-2-4-8(5-3-7)19-15(20)11-9-6-10-12(11)17(22)24-14(10)13(9)18/h2-5,9-14H,6H2,1H3,(H,19,20)/t9-,10-,11-,12-,13+,14+/m1/s1. The summed E-state index contributed by atoms with van der Waals surface area (Å²) >= 11 is 3.60. The minimum atomic E-state index is -0.428. The van der Waals surface area contributed by atoms with Crippen LogP contribution in [-0.2, 0) is 19.1 Å². The van der Waals surface area contributed by atoms with E-state index in [1.165, 1.54) is 7.11 Å². The number of alkyl halides is 1. The predicted octanol–water partition coefficient (Wildman–Crippen LogP) is 1.98. The normalized spacial score (nSPS) is 35.7. The maximum Gasteiger partial charge on any atom is 0.337 e. The Kier molecular flexibility index (Phi) is 3.63. The number of carbonyl (C=O) groups excluding carboxylic acids is 3. The summed E-state index contributed by atoms with van der Waals surface area (Å²) in [5.41, 5.74) is 1.00. The van der Waals surface area contributed by atoms with Crippen molar-refractivity contribution in [2.24, 2.45) is 23.7 Å². The number of benzene rings is 1. The van der Waals surface area contributed by atoms with Crippen LogP contribution >= 0.6 is 15.9 Å². The largest absolute Gasteiger partial charge is 0.465 e. The number of hydrogen-bond donors (Lipinski definition) is 1. The quantitative estimate of drug-likeness (QED) is 0.627. The third kappa shape index (κ3) is 2.17. The fourth-order valence-electron chi connectivity index (χ4n) is 4.36. The third-order valence-electron chi connectivity index (χ3n) is 5.40. The van der Waals surface area contributed by atoms with Gasteiger partial charge in [0.25, 0.3) is 0 Å². The summed E-state index contributed by atoms with van der Waals surface area (Å²) in [7, 11) is 1.32. The SMILES string of the molecule is COC(=O)c1ccc(NC(=O)[C@@H]2[C@H]3C[C@H]4[C@H](OC(=O)[C@H]42)[C@H]3Br)cc1. The van der Waals surface area contributed by atoms with Crippen molar-refractivity contribution in [3.05, 3.63) is 29.8 Å². The average Bonchev–Trinajstić information content (AvgIpc) is 3.19. The van der Waals surface area contributed by atoms with E-state index in [0.717, 1.165) is 6.42 Å². The molecule has 1 aromatic rings. The van der Waals surface area contributed by atoms with Crippen molar-refractivity contribution in [2.75, 3.05) is 12.4 Å². The Morgan fingerprint density at radius 1 is 1.25 bits per heavy atom. The van der Waals surface area contributed by atoms with Crippen LogP contribution in [0.5, 0.6) is 0 Å². The van der Waals surface area contributed by atoms with Gasteiger partial charge in [0.15, 0.2) is 0 Å².